The van der Waals surface area contributed by atoms with E-state index in [9.17, 15) is 30.7 Å². The first-order valence-electron chi connectivity index (χ1n) is 9.92. The summed E-state index contributed by atoms with van der Waals surface area (Å²) >= 11 is 1.50. The lowest BCUT2D eigenvalue weighted by Crippen LogP contribution is -2.54. The van der Waals surface area contributed by atoms with Crippen LogP contribution in [0.3, 0.4) is 0 Å². The predicted molar refractivity (Wildman–Crippen MR) is 104 cm³/mol. The van der Waals surface area contributed by atoms with Gasteiger partial charge in [0.1, 0.15) is 0 Å². The quantitative estimate of drug-likeness (QED) is 0.0875. The van der Waals surface area contributed by atoms with Crippen molar-refractivity contribution in [2.24, 2.45) is 0 Å². The summed E-state index contributed by atoms with van der Waals surface area (Å²) < 4.78 is 87.9. The Bertz CT molecular complexity index is 352. The van der Waals surface area contributed by atoms with E-state index in [-0.39, 0.29) is 6.42 Å². The van der Waals surface area contributed by atoms with Gasteiger partial charge in [-0.05, 0) is 6.42 Å². The lowest BCUT2D eigenvalue weighted by Gasteiger charge is -2.31. The van der Waals surface area contributed by atoms with Crippen molar-refractivity contribution in [1.82, 2.24) is 0 Å². The molecule has 0 aromatic carbocycles. The molecule has 1 atom stereocenters. The van der Waals surface area contributed by atoms with Gasteiger partial charge in [0.2, 0.25) is 0 Å². The van der Waals surface area contributed by atoms with Gasteiger partial charge >= 0.3 is 12.4 Å². The first-order chi connectivity index (χ1) is 12.5. The molecule has 0 aromatic heterocycles. The molecule has 1 unspecified atom stereocenters. The molecule has 0 amide bonds. The summed E-state index contributed by atoms with van der Waals surface area (Å²) in [5.41, 5.74) is -5.12. The van der Waals surface area contributed by atoms with E-state index in [1.54, 1.807) is 0 Å². The van der Waals surface area contributed by atoms with Crippen molar-refractivity contribution in [3.63, 3.8) is 0 Å². The molecule has 0 fully saturated rings. The predicted octanol–water partition coefficient (Wildman–Crippen LogP) is 9.10. The maximum atomic E-state index is 13.6. The summed E-state index contributed by atoms with van der Waals surface area (Å²) in [5, 5.41) is 0. The molecule has 0 saturated carbocycles. The second-order valence-electron chi connectivity index (χ2n) is 7.28. The van der Waals surface area contributed by atoms with Gasteiger partial charge in [-0.3, -0.25) is 0 Å². The zero-order chi connectivity index (χ0) is 21.0. The third kappa shape index (κ3) is 11.1. The molecular formula is C19H32F7I. The van der Waals surface area contributed by atoms with Gasteiger partial charge in [0, 0.05) is 10.3 Å². The first-order valence-corrected chi connectivity index (χ1v) is 11.2. The Labute approximate surface area is 172 Å². The van der Waals surface area contributed by atoms with Crippen molar-refractivity contribution in [1.29, 1.82) is 0 Å². The lowest BCUT2D eigenvalue weighted by molar-refractivity contribution is -0.342. The molecule has 8 heteroatoms. The highest BCUT2D eigenvalue weighted by atomic mass is 127. The third-order valence-corrected chi connectivity index (χ3v) is 5.84. The minimum absolute atomic E-state index is 0.163. The van der Waals surface area contributed by atoms with Gasteiger partial charge in [-0.15, -0.1) is 0 Å². The smallest absolute Gasteiger partial charge is 0.224 e. The summed E-state index contributed by atoms with van der Waals surface area (Å²) in [4.78, 5) is 0. The van der Waals surface area contributed by atoms with Crippen LogP contribution in [-0.4, -0.2) is 21.9 Å². The number of halogens is 8. The van der Waals surface area contributed by atoms with E-state index in [2.05, 4.69) is 6.92 Å². The van der Waals surface area contributed by atoms with E-state index in [4.69, 9.17) is 0 Å². The maximum Gasteiger partial charge on any atom is 0.431 e. The van der Waals surface area contributed by atoms with Gasteiger partial charge < -0.3 is 0 Å². The van der Waals surface area contributed by atoms with Crippen LogP contribution in [0.1, 0.15) is 96.8 Å². The first kappa shape index (κ1) is 27.2. The van der Waals surface area contributed by atoms with Crippen molar-refractivity contribution in [3.8, 4) is 0 Å². The van der Waals surface area contributed by atoms with Crippen molar-refractivity contribution >= 4 is 22.6 Å². The number of unbranched alkanes of at least 4 members (excludes halogenated alkanes) is 11. The standard InChI is InChI=1S/C19H32F7I/c1-2-3-4-5-6-7-8-9-10-11-12-13-14-16(27)15-17(20,18(21,22)23)19(24,25)26/h16H,2-15H2,1H3. The zero-order valence-corrected chi connectivity index (χ0v) is 18.2. The summed E-state index contributed by atoms with van der Waals surface area (Å²) in [6, 6.07) is 0. The van der Waals surface area contributed by atoms with Crippen molar-refractivity contribution in [3.05, 3.63) is 0 Å². The van der Waals surface area contributed by atoms with E-state index in [1.807, 2.05) is 0 Å². The second kappa shape index (κ2) is 13.5. The highest BCUT2D eigenvalue weighted by molar-refractivity contribution is 14.1. The Hall–Kier alpha value is 0.240. The van der Waals surface area contributed by atoms with Gasteiger partial charge in [-0.1, -0.05) is 107 Å². The average Bonchev–Trinajstić information content (AvgIpc) is 2.53. The number of alkyl halides is 8. The van der Waals surface area contributed by atoms with Crippen LogP contribution in [0.2, 0.25) is 0 Å². The fourth-order valence-electron chi connectivity index (χ4n) is 3.01. The second-order valence-corrected chi connectivity index (χ2v) is 9.04. The topological polar surface area (TPSA) is 0 Å². The van der Waals surface area contributed by atoms with E-state index in [0.717, 1.165) is 25.7 Å². The summed E-state index contributed by atoms with van der Waals surface area (Å²) in [6.07, 6.45) is -0.240. The molecule has 0 aliphatic heterocycles. The van der Waals surface area contributed by atoms with Crippen LogP contribution >= 0.6 is 22.6 Å². The van der Waals surface area contributed by atoms with Crippen LogP contribution in [0.25, 0.3) is 0 Å². The number of rotatable bonds is 15. The van der Waals surface area contributed by atoms with Crippen LogP contribution in [0.4, 0.5) is 30.7 Å². The molecule has 0 aromatic rings. The Balaban J connectivity index is 3.84. The van der Waals surface area contributed by atoms with Gasteiger partial charge in [0.15, 0.2) is 0 Å². The van der Waals surface area contributed by atoms with Crippen molar-refractivity contribution < 1.29 is 30.7 Å². The lowest BCUT2D eigenvalue weighted by atomic mass is 9.95. The van der Waals surface area contributed by atoms with E-state index < -0.39 is 28.4 Å². The molecule has 0 bridgehead atoms. The zero-order valence-electron chi connectivity index (χ0n) is 16.0. The summed E-state index contributed by atoms with van der Waals surface area (Å²) in [7, 11) is 0. The minimum Gasteiger partial charge on any atom is -0.224 e. The molecule has 164 valence electrons. The van der Waals surface area contributed by atoms with E-state index in [0.29, 0.717) is 6.42 Å². The van der Waals surface area contributed by atoms with Crippen LogP contribution < -0.4 is 0 Å². The third-order valence-electron chi connectivity index (χ3n) is 4.77. The minimum atomic E-state index is -5.94. The maximum absolute atomic E-state index is 13.6. The average molecular weight is 520 g/mol. The SMILES string of the molecule is CCCCCCCCCCCCCCC(I)CC(F)(C(F)(F)F)C(F)(F)F. The molecule has 0 N–H and O–H groups in total. The van der Waals surface area contributed by atoms with Crippen LogP contribution in [0, 0.1) is 0 Å². The summed E-state index contributed by atoms with van der Waals surface area (Å²) in [5.74, 6) is 0. The Kier molecular flexibility index (Phi) is 13.6. The van der Waals surface area contributed by atoms with Gasteiger partial charge in [-0.25, -0.2) is 4.39 Å². The monoisotopic (exact) mass is 520 g/mol. The van der Waals surface area contributed by atoms with E-state index >= 15 is 0 Å². The van der Waals surface area contributed by atoms with Crippen molar-refractivity contribution in [2.45, 2.75) is 119 Å². The summed E-state index contributed by atoms with van der Waals surface area (Å²) in [6.45, 7) is 2.18. The molecular weight excluding hydrogens is 488 g/mol. The molecule has 0 rings (SSSR count). The van der Waals surface area contributed by atoms with Gasteiger partial charge in [0.25, 0.3) is 5.67 Å². The fourth-order valence-corrected chi connectivity index (χ4v) is 4.05. The number of hydrogen-bond acceptors (Lipinski definition) is 0. The largest absolute Gasteiger partial charge is 0.431 e. The van der Waals surface area contributed by atoms with Gasteiger partial charge in [0.05, 0.1) is 0 Å². The van der Waals surface area contributed by atoms with Gasteiger partial charge in [-0.2, -0.15) is 26.3 Å². The normalized spacial score (nSPS) is 14.6. The molecule has 0 aliphatic carbocycles. The fraction of sp³-hybridized carbons (Fsp3) is 1.00. The molecule has 0 spiro atoms. The Morgan fingerprint density at radius 1 is 0.593 bits per heavy atom. The molecule has 0 saturated heterocycles. The molecule has 0 radical (unpaired) electrons. The number of hydrogen-bond donors (Lipinski definition) is 0. The van der Waals surface area contributed by atoms with Crippen LogP contribution in [0.5, 0.6) is 0 Å². The van der Waals surface area contributed by atoms with Crippen molar-refractivity contribution in [2.75, 3.05) is 0 Å². The highest BCUT2D eigenvalue weighted by Crippen LogP contribution is 2.50. The van der Waals surface area contributed by atoms with E-state index in [1.165, 1.54) is 67.5 Å². The molecule has 0 aliphatic rings. The molecule has 27 heavy (non-hydrogen) atoms. The van der Waals surface area contributed by atoms with Crippen LogP contribution in [-0.2, 0) is 0 Å². The molecule has 0 heterocycles. The molecule has 0 nitrogen and oxygen atoms in total. The van der Waals surface area contributed by atoms with Crippen LogP contribution in [0.15, 0.2) is 0 Å². The highest BCUT2D eigenvalue weighted by Gasteiger charge is 2.72. The Morgan fingerprint density at radius 2 is 0.926 bits per heavy atom. The Morgan fingerprint density at radius 3 is 1.26 bits per heavy atom.